The minimum Gasteiger partial charge on any atom is -0.448 e. The van der Waals surface area contributed by atoms with Gasteiger partial charge in [-0.15, -0.1) is 0 Å². The predicted molar refractivity (Wildman–Crippen MR) is 73.2 cm³/mol. The Bertz CT molecular complexity index is 467. The summed E-state index contributed by atoms with van der Waals surface area (Å²) in [6.07, 6.45) is -0.542. The van der Waals surface area contributed by atoms with Gasteiger partial charge in [0.05, 0.1) is 0 Å². The van der Waals surface area contributed by atoms with E-state index in [1.165, 1.54) is 0 Å². The van der Waals surface area contributed by atoms with Crippen LogP contribution in [0.5, 0.6) is 11.5 Å². The van der Waals surface area contributed by atoms with Crippen molar-refractivity contribution in [1.82, 2.24) is 0 Å². The molecule has 2 aromatic rings. The van der Waals surface area contributed by atoms with Gasteiger partial charge in [-0.1, -0.05) is 43.3 Å². The second-order valence-corrected chi connectivity index (χ2v) is 4.01. The molecule has 0 aliphatic rings. The second kappa shape index (κ2) is 6.59. The van der Waals surface area contributed by atoms with Gasteiger partial charge in [-0.2, -0.15) is 0 Å². The molecule has 0 spiro atoms. The van der Waals surface area contributed by atoms with E-state index in [1.54, 1.807) is 31.2 Å². The molecule has 0 N–H and O–H groups in total. The van der Waals surface area contributed by atoms with E-state index < -0.39 is 6.29 Å². The maximum absolute atomic E-state index is 11.9. The molecule has 0 aliphatic heterocycles. The fraction of sp³-hybridized carbons (Fsp3) is 0.188. The van der Waals surface area contributed by atoms with E-state index in [4.69, 9.17) is 9.47 Å². The van der Waals surface area contributed by atoms with Crippen LogP contribution in [-0.4, -0.2) is 12.1 Å². The summed E-state index contributed by atoms with van der Waals surface area (Å²) < 4.78 is 11.2. The Morgan fingerprint density at radius 1 is 0.895 bits per heavy atom. The Balaban J connectivity index is 2.10. The lowest BCUT2D eigenvalue weighted by Crippen LogP contribution is -2.32. The maximum atomic E-state index is 11.9. The van der Waals surface area contributed by atoms with Crippen LogP contribution in [0.4, 0.5) is 0 Å². The summed E-state index contributed by atoms with van der Waals surface area (Å²) in [5.41, 5.74) is 0. The number of carbonyl (C=O) groups excluding carboxylic acids is 1. The van der Waals surface area contributed by atoms with Gasteiger partial charge in [0.1, 0.15) is 11.5 Å². The summed E-state index contributed by atoms with van der Waals surface area (Å²) in [5.74, 6) is 1.14. The highest BCUT2D eigenvalue weighted by Crippen LogP contribution is 2.16. The van der Waals surface area contributed by atoms with Crippen molar-refractivity contribution in [2.24, 2.45) is 0 Å². The summed E-state index contributed by atoms with van der Waals surface area (Å²) >= 11 is 0. The third-order valence-electron chi connectivity index (χ3n) is 2.58. The van der Waals surface area contributed by atoms with Gasteiger partial charge in [0, 0.05) is 6.42 Å². The number of ether oxygens (including phenoxy) is 2. The zero-order valence-corrected chi connectivity index (χ0v) is 10.8. The molecule has 0 fully saturated rings. The molecule has 0 saturated carbocycles. The molecule has 0 heterocycles. The second-order valence-electron chi connectivity index (χ2n) is 4.01. The molecular formula is C16H16O3. The zero-order chi connectivity index (χ0) is 13.5. The van der Waals surface area contributed by atoms with E-state index in [9.17, 15) is 4.79 Å². The lowest BCUT2D eigenvalue weighted by molar-refractivity contribution is -0.137. The van der Waals surface area contributed by atoms with E-state index in [0.717, 1.165) is 0 Å². The first-order chi connectivity index (χ1) is 9.29. The highest BCUT2D eigenvalue weighted by Gasteiger charge is 2.20. The molecule has 0 unspecified atom stereocenters. The smallest absolute Gasteiger partial charge is 0.300 e. The normalized spacial score (nSPS) is 10.2. The van der Waals surface area contributed by atoms with Crippen molar-refractivity contribution in [1.29, 1.82) is 0 Å². The van der Waals surface area contributed by atoms with Crippen LogP contribution >= 0.6 is 0 Å². The van der Waals surface area contributed by atoms with Crippen LogP contribution in [0.3, 0.4) is 0 Å². The van der Waals surface area contributed by atoms with Crippen LogP contribution in [-0.2, 0) is 4.79 Å². The average Bonchev–Trinajstić information content (AvgIpc) is 2.48. The summed E-state index contributed by atoms with van der Waals surface area (Å²) in [7, 11) is 0. The number of para-hydroxylation sites is 2. The number of ketones is 1. The summed E-state index contributed by atoms with van der Waals surface area (Å²) in [6.45, 7) is 1.79. The van der Waals surface area contributed by atoms with Crippen molar-refractivity contribution in [2.45, 2.75) is 19.6 Å². The fourth-order valence-corrected chi connectivity index (χ4v) is 1.57. The molecule has 0 aliphatic carbocycles. The zero-order valence-electron chi connectivity index (χ0n) is 10.8. The molecule has 3 nitrogen and oxygen atoms in total. The quantitative estimate of drug-likeness (QED) is 0.742. The van der Waals surface area contributed by atoms with E-state index in [0.29, 0.717) is 17.9 Å². The van der Waals surface area contributed by atoms with Crippen molar-refractivity contribution in [2.75, 3.05) is 0 Å². The predicted octanol–water partition coefficient (Wildman–Crippen LogP) is 3.45. The standard InChI is InChI=1S/C16H16O3/c1-2-15(17)16(18-13-9-5-3-6-10-13)19-14-11-7-4-8-12-14/h3-12,16H,2H2,1H3. The molecule has 0 saturated heterocycles. The average molecular weight is 256 g/mol. The van der Waals surface area contributed by atoms with Crippen molar-refractivity contribution in [3.8, 4) is 11.5 Å². The van der Waals surface area contributed by atoms with Gasteiger partial charge in [-0.25, -0.2) is 0 Å². The van der Waals surface area contributed by atoms with Gasteiger partial charge in [0.25, 0.3) is 0 Å². The van der Waals surface area contributed by atoms with Crippen LogP contribution in [0, 0.1) is 0 Å². The molecule has 0 aromatic heterocycles. The number of hydrogen-bond donors (Lipinski definition) is 0. The lowest BCUT2D eigenvalue weighted by atomic mass is 10.3. The largest absolute Gasteiger partial charge is 0.448 e. The molecule has 19 heavy (non-hydrogen) atoms. The Morgan fingerprint density at radius 3 is 1.68 bits per heavy atom. The molecular weight excluding hydrogens is 240 g/mol. The summed E-state index contributed by atoms with van der Waals surface area (Å²) in [6, 6.07) is 18.4. The van der Waals surface area contributed by atoms with Crippen LogP contribution < -0.4 is 9.47 Å². The maximum Gasteiger partial charge on any atom is 0.300 e. The minimum absolute atomic E-state index is 0.0901. The van der Waals surface area contributed by atoms with Gasteiger partial charge in [-0.05, 0) is 24.3 Å². The molecule has 0 atom stereocenters. The lowest BCUT2D eigenvalue weighted by Gasteiger charge is -2.18. The first-order valence-corrected chi connectivity index (χ1v) is 6.25. The highest BCUT2D eigenvalue weighted by atomic mass is 16.7. The number of Topliss-reactive ketones (excluding diaryl/α,β-unsaturated/α-hetero) is 1. The fourth-order valence-electron chi connectivity index (χ4n) is 1.57. The number of carbonyl (C=O) groups is 1. The van der Waals surface area contributed by atoms with Crippen molar-refractivity contribution in [3.05, 3.63) is 60.7 Å². The topological polar surface area (TPSA) is 35.5 Å². The van der Waals surface area contributed by atoms with E-state index in [1.807, 2.05) is 36.4 Å². The minimum atomic E-state index is -0.908. The van der Waals surface area contributed by atoms with E-state index in [-0.39, 0.29) is 5.78 Å². The van der Waals surface area contributed by atoms with E-state index in [2.05, 4.69) is 0 Å². The molecule has 3 heteroatoms. The summed E-state index contributed by atoms with van der Waals surface area (Å²) in [5, 5.41) is 0. The molecule has 0 bridgehead atoms. The first-order valence-electron chi connectivity index (χ1n) is 6.25. The molecule has 0 amide bonds. The Morgan fingerprint density at radius 2 is 1.32 bits per heavy atom. The van der Waals surface area contributed by atoms with Crippen molar-refractivity contribution < 1.29 is 14.3 Å². The Hall–Kier alpha value is -2.29. The number of rotatable bonds is 6. The van der Waals surface area contributed by atoms with Crippen LogP contribution in [0.1, 0.15) is 13.3 Å². The SMILES string of the molecule is CCC(=O)C(Oc1ccccc1)Oc1ccccc1. The molecule has 0 radical (unpaired) electrons. The Labute approximate surface area is 112 Å². The van der Waals surface area contributed by atoms with Crippen LogP contribution in [0.15, 0.2) is 60.7 Å². The van der Waals surface area contributed by atoms with Crippen molar-refractivity contribution >= 4 is 5.78 Å². The van der Waals surface area contributed by atoms with Gasteiger partial charge < -0.3 is 9.47 Å². The monoisotopic (exact) mass is 256 g/mol. The van der Waals surface area contributed by atoms with Gasteiger partial charge in [0.15, 0.2) is 0 Å². The first kappa shape index (κ1) is 13.1. The van der Waals surface area contributed by atoms with Crippen LogP contribution in [0.2, 0.25) is 0 Å². The third-order valence-corrected chi connectivity index (χ3v) is 2.58. The van der Waals surface area contributed by atoms with E-state index >= 15 is 0 Å². The molecule has 98 valence electrons. The molecule has 2 aromatic carbocycles. The van der Waals surface area contributed by atoms with Crippen LogP contribution in [0.25, 0.3) is 0 Å². The number of benzene rings is 2. The number of hydrogen-bond acceptors (Lipinski definition) is 3. The molecule has 2 rings (SSSR count). The van der Waals surface area contributed by atoms with Gasteiger partial charge >= 0.3 is 6.29 Å². The Kier molecular flexibility index (Phi) is 4.56. The third kappa shape index (κ3) is 3.85. The van der Waals surface area contributed by atoms with Gasteiger partial charge in [-0.3, -0.25) is 4.79 Å². The summed E-state index contributed by atoms with van der Waals surface area (Å²) in [4.78, 5) is 11.9. The highest BCUT2D eigenvalue weighted by molar-refractivity contribution is 5.82. The van der Waals surface area contributed by atoms with Crippen molar-refractivity contribution in [3.63, 3.8) is 0 Å². The van der Waals surface area contributed by atoms with Gasteiger partial charge in [0.2, 0.25) is 5.78 Å².